The maximum absolute atomic E-state index is 12.6. The van der Waals surface area contributed by atoms with Gasteiger partial charge in [0.1, 0.15) is 10.8 Å². The van der Waals surface area contributed by atoms with Crippen molar-refractivity contribution in [2.75, 3.05) is 7.05 Å². The Labute approximate surface area is 160 Å². The number of guanidine groups is 1. The third-order valence-corrected chi connectivity index (χ3v) is 4.35. The van der Waals surface area contributed by atoms with Crippen LogP contribution < -0.4 is 15.4 Å². The number of aliphatic imine (C=N–C) groups is 1. The molecule has 2 aromatic rings. The van der Waals surface area contributed by atoms with Gasteiger partial charge in [0, 0.05) is 24.5 Å². The first-order chi connectivity index (χ1) is 12.7. The van der Waals surface area contributed by atoms with Crippen LogP contribution in [0.2, 0.25) is 0 Å². The lowest BCUT2D eigenvalue weighted by Crippen LogP contribution is -2.36. The molecule has 2 rings (SSSR count). The molecule has 0 radical (unpaired) electrons. The van der Waals surface area contributed by atoms with Gasteiger partial charge in [-0.1, -0.05) is 12.1 Å². The van der Waals surface area contributed by atoms with Gasteiger partial charge in [-0.25, -0.2) is 4.98 Å². The number of halogens is 3. The molecule has 0 fully saturated rings. The maximum atomic E-state index is 12.6. The minimum Gasteiger partial charge on any atom is -0.491 e. The Morgan fingerprint density at radius 3 is 2.56 bits per heavy atom. The van der Waals surface area contributed by atoms with E-state index in [2.05, 4.69) is 20.6 Å². The van der Waals surface area contributed by atoms with E-state index in [1.54, 1.807) is 7.05 Å². The minimum atomic E-state index is -4.42. The van der Waals surface area contributed by atoms with Crippen molar-refractivity contribution >= 4 is 17.3 Å². The van der Waals surface area contributed by atoms with Crippen LogP contribution in [0.1, 0.15) is 35.7 Å². The van der Waals surface area contributed by atoms with E-state index >= 15 is 0 Å². The van der Waals surface area contributed by atoms with E-state index in [9.17, 15) is 13.2 Å². The van der Waals surface area contributed by atoms with E-state index in [0.717, 1.165) is 33.6 Å². The summed E-state index contributed by atoms with van der Waals surface area (Å²) in [5.41, 5.74) is 1.19. The molecule has 0 spiro atoms. The van der Waals surface area contributed by atoms with Gasteiger partial charge in [-0.2, -0.15) is 13.2 Å². The van der Waals surface area contributed by atoms with Crippen molar-refractivity contribution in [3.05, 3.63) is 45.4 Å². The van der Waals surface area contributed by atoms with Gasteiger partial charge in [-0.15, -0.1) is 11.3 Å². The summed E-state index contributed by atoms with van der Waals surface area (Å²) in [6.07, 6.45) is -4.37. The first-order valence-corrected chi connectivity index (χ1v) is 9.29. The molecule has 0 aliphatic carbocycles. The van der Waals surface area contributed by atoms with Gasteiger partial charge in [0.05, 0.1) is 12.6 Å². The lowest BCUT2D eigenvalue weighted by atomic mass is 10.1. The van der Waals surface area contributed by atoms with Crippen molar-refractivity contribution in [1.29, 1.82) is 0 Å². The van der Waals surface area contributed by atoms with Crippen LogP contribution in [0.5, 0.6) is 5.75 Å². The van der Waals surface area contributed by atoms with E-state index < -0.39 is 11.9 Å². The second-order valence-electron chi connectivity index (χ2n) is 6.18. The molecular weight excluding hydrogens is 377 g/mol. The number of aromatic nitrogens is 1. The summed E-state index contributed by atoms with van der Waals surface area (Å²) < 4.78 is 43.7. The lowest BCUT2D eigenvalue weighted by molar-refractivity contribution is -0.140. The summed E-state index contributed by atoms with van der Waals surface area (Å²) in [5.74, 6) is 1.26. The number of ether oxygens (including phenoxy) is 1. The molecule has 9 heteroatoms. The minimum absolute atomic E-state index is 0.0516. The van der Waals surface area contributed by atoms with Gasteiger partial charge in [-0.3, -0.25) is 4.99 Å². The quantitative estimate of drug-likeness (QED) is 0.566. The molecule has 27 heavy (non-hydrogen) atoms. The molecule has 148 valence electrons. The molecule has 1 heterocycles. The SMILES string of the molecule is CN=C(NCc1nc(C(F)(F)F)cs1)NCc1ccc(C)cc1OC(C)C. The summed E-state index contributed by atoms with van der Waals surface area (Å²) in [4.78, 5) is 7.68. The van der Waals surface area contributed by atoms with Crippen LogP contribution in [0.25, 0.3) is 0 Å². The van der Waals surface area contributed by atoms with Crippen molar-refractivity contribution in [3.63, 3.8) is 0 Å². The molecule has 0 saturated heterocycles. The smallest absolute Gasteiger partial charge is 0.434 e. The summed E-state index contributed by atoms with van der Waals surface area (Å²) in [6, 6.07) is 5.94. The zero-order valence-corrected chi connectivity index (χ0v) is 16.5. The van der Waals surface area contributed by atoms with Gasteiger partial charge < -0.3 is 15.4 Å². The summed E-state index contributed by atoms with van der Waals surface area (Å²) in [7, 11) is 1.60. The standard InChI is InChI=1S/C18H23F3N4OS/c1-11(2)26-14-7-12(3)5-6-13(14)8-23-17(22-4)24-9-16-25-15(10-27-16)18(19,20)21/h5-7,10-11H,8-9H2,1-4H3,(H2,22,23,24). The Morgan fingerprint density at radius 2 is 1.96 bits per heavy atom. The first kappa shape index (κ1) is 21.0. The fraction of sp³-hybridized carbons (Fsp3) is 0.444. The molecular formula is C18H23F3N4OS. The lowest BCUT2D eigenvalue weighted by Gasteiger charge is -2.17. The van der Waals surface area contributed by atoms with Crippen molar-refractivity contribution < 1.29 is 17.9 Å². The molecule has 0 bridgehead atoms. The average Bonchev–Trinajstić information content (AvgIpc) is 3.05. The second-order valence-corrected chi connectivity index (χ2v) is 7.12. The molecule has 1 aromatic carbocycles. The highest BCUT2D eigenvalue weighted by Gasteiger charge is 2.33. The zero-order chi connectivity index (χ0) is 20.0. The van der Waals surface area contributed by atoms with Crippen LogP contribution >= 0.6 is 11.3 Å². The van der Waals surface area contributed by atoms with Crippen molar-refractivity contribution in [2.24, 2.45) is 4.99 Å². The van der Waals surface area contributed by atoms with E-state index in [1.807, 2.05) is 39.0 Å². The summed E-state index contributed by atoms with van der Waals surface area (Å²) in [5, 5.41) is 7.46. The number of rotatable bonds is 6. The van der Waals surface area contributed by atoms with Crippen molar-refractivity contribution in [1.82, 2.24) is 15.6 Å². The molecule has 0 aliphatic heterocycles. The summed E-state index contributed by atoms with van der Waals surface area (Å²) >= 11 is 0.958. The van der Waals surface area contributed by atoms with Gasteiger partial charge in [0.25, 0.3) is 0 Å². The number of benzene rings is 1. The second kappa shape index (κ2) is 9.07. The molecule has 0 unspecified atom stereocenters. The van der Waals surface area contributed by atoms with Crippen LogP contribution in [0.3, 0.4) is 0 Å². The Morgan fingerprint density at radius 1 is 1.26 bits per heavy atom. The highest BCUT2D eigenvalue weighted by Crippen LogP contribution is 2.29. The monoisotopic (exact) mass is 400 g/mol. The summed E-state index contributed by atoms with van der Waals surface area (Å²) in [6.45, 7) is 6.54. The van der Waals surface area contributed by atoms with Gasteiger partial charge in [0.2, 0.25) is 0 Å². The van der Waals surface area contributed by atoms with E-state index in [1.165, 1.54) is 0 Å². The predicted octanol–water partition coefficient (Wildman–Crippen LogP) is 4.12. The molecule has 1 aromatic heterocycles. The highest BCUT2D eigenvalue weighted by atomic mass is 32.1. The molecule has 0 amide bonds. The highest BCUT2D eigenvalue weighted by molar-refractivity contribution is 7.09. The number of nitrogens with one attached hydrogen (secondary N) is 2. The normalized spacial score (nSPS) is 12.4. The molecule has 0 aliphatic rings. The topological polar surface area (TPSA) is 58.5 Å². The van der Waals surface area contributed by atoms with E-state index in [-0.39, 0.29) is 12.6 Å². The third kappa shape index (κ3) is 6.42. The first-order valence-electron chi connectivity index (χ1n) is 8.41. The van der Waals surface area contributed by atoms with Gasteiger partial charge >= 0.3 is 6.18 Å². The van der Waals surface area contributed by atoms with Crippen molar-refractivity contribution in [3.8, 4) is 5.75 Å². The number of alkyl halides is 3. The average molecular weight is 400 g/mol. The third-order valence-electron chi connectivity index (χ3n) is 3.50. The van der Waals surface area contributed by atoms with E-state index in [0.29, 0.717) is 17.5 Å². The van der Waals surface area contributed by atoms with Crippen LogP contribution in [-0.2, 0) is 19.3 Å². The number of aryl methyl sites for hydroxylation is 1. The van der Waals surface area contributed by atoms with Crippen LogP contribution in [0, 0.1) is 6.92 Å². The Bertz CT molecular complexity index is 787. The number of hydrogen-bond donors (Lipinski definition) is 2. The number of thiazole rings is 1. The molecule has 5 nitrogen and oxygen atoms in total. The Hall–Kier alpha value is -2.29. The maximum Gasteiger partial charge on any atom is 0.434 e. The van der Waals surface area contributed by atoms with Crippen LogP contribution in [0.4, 0.5) is 13.2 Å². The van der Waals surface area contributed by atoms with Crippen LogP contribution in [-0.4, -0.2) is 24.1 Å². The molecule has 2 N–H and O–H groups in total. The van der Waals surface area contributed by atoms with Crippen LogP contribution in [0.15, 0.2) is 28.6 Å². The fourth-order valence-corrected chi connectivity index (χ4v) is 2.99. The Kier molecular flexibility index (Phi) is 7.06. The Balaban J connectivity index is 1.95. The van der Waals surface area contributed by atoms with Gasteiger partial charge in [-0.05, 0) is 32.4 Å². The number of nitrogens with zero attached hydrogens (tertiary/aromatic N) is 2. The molecule has 0 saturated carbocycles. The van der Waals surface area contributed by atoms with Gasteiger partial charge in [0.15, 0.2) is 11.7 Å². The fourth-order valence-electron chi connectivity index (χ4n) is 2.25. The zero-order valence-electron chi connectivity index (χ0n) is 15.6. The van der Waals surface area contributed by atoms with Crippen molar-refractivity contribution in [2.45, 2.75) is 46.1 Å². The number of hydrogen-bond acceptors (Lipinski definition) is 4. The largest absolute Gasteiger partial charge is 0.491 e. The van der Waals surface area contributed by atoms with E-state index in [4.69, 9.17) is 4.74 Å². The molecule has 0 atom stereocenters. The predicted molar refractivity (Wildman–Crippen MR) is 101 cm³/mol.